The Bertz CT molecular complexity index is 949. The lowest BCUT2D eigenvalue weighted by Gasteiger charge is -2.24. The second kappa shape index (κ2) is 7.85. The number of anilines is 1. The number of nitrogens with zero attached hydrogens (tertiary/aromatic N) is 1. The maximum atomic E-state index is 13.0. The number of benzene rings is 2. The Kier molecular flexibility index (Phi) is 5.84. The van der Waals surface area contributed by atoms with Gasteiger partial charge in [0.1, 0.15) is 6.04 Å². The third-order valence-electron chi connectivity index (χ3n) is 4.95. The molecular formula is C21H25ClN2O3S. The molecule has 1 saturated heterocycles. The van der Waals surface area contributed by atoms with Crippen molar-refractivity contribution in [2.45, 2.75) is 50.0 Å². The zero-order valence-electron chi connectivity index (χ0n) is 16.3. The van der Waals surface area contributed by atoms with Crippen LogP contribution in [0.3, 0.4) is 0 Å². The van der Waals surface area contributed by atoms with E-state index in [1.54, 1.807) is 0 Å². The SMILES string of the molecule is CC(C)(C)c1ccc(NC(=O)[C@H]2CCCN2S(=O)(=O)c2ccc(Cl)cc2)cc1. The predicted molar refractivity (Wildman–Crippen MR) is 112 cm³/mol. The van der Waals surface area contributed by atoms with Gasteiger partial charge in [0, 0.05) is 17.3 Å². The predicted octanol–water partition coefficient (Wildman–Crippen LogP) is 4.43. The lowest BCUT2D eigenvalue weighted by molar-refractivity contribution is -0.119. The molecule has 1 aliphatic heterocycles. The zero-order chi connectivity index (χ0) is 20.5. The molecule has 1 atom stereocenters. The smallest absolute Gasteiger partial charge is 0.243 e. The van der Waals surface area contributed by atoms with Gasteiger partial charge in [-0.05, 0) is 60.2 Å². The molecule has 0 saturated carbocycles. The summed E-state index contributed by atoms with van der Waals surface area (Å²) in [5.41, 5.74) is 1.85. The van der Waals surface area contributed by atoms with Crippen LogP contribution in [-0.2, 0) is 20.2 Å². The largest absolute Gasteiger partial charge is 0.325 e. The molecule has 5 nitrogen and oxygen atoms in total. The van der Waals surface area contributed by atoms with Crippen molar-refractivity contribution in [2.24, 2.45) is 0 Å². The third kappa shape index (κ3) is 4.40. The number of sulfonamides is 1. The Morgan fingerprint density at radius 3 is 2.25 bits per heavy atom. The summed E-state index contributed by atoms with van der Waals surface area (Å²) in [7, 11) is -3.75. The molecule has 0 bridgehead atoms. The van der Waals surface area contributed by atoms with Gasteiger partial charge in [-0.15, -0.1) is 0 Å². The van der Waals surface area contributed by atoms with E-state index in [0.717, 1.165) is 0 Å². The van der Waals surface area contributed by atoms with Crippen molar-refractivity contribution in [3.63, 3.8) is 0 Å². The molecule has 2 aromatic rings. The molecule has 0 radical (unpaired) electrons. The van der Waals surface area contributed by atoms with E-state index in [4.69, 9.17) is 11.6 Å². The maximum absolute atomic E-state index is 13.0. The maximum Gasteiger partial charge on any atom is 0.243 e. The molecule has 0 unspecified atom stereocenters. The second-order valence-electron chi connectivity index (χ2n) is 8.04. The number of carbonyl (C=O) groups is 1. The third-order valence-corrected chi connectivity index (χ3v) is 7.12. The molecule has 1 fully saturated rings. The van der Waals surface area contributed by atoms with Crippen LogP contribution < -0.4 is 5.32 Å². The van der Waals surface area contributed by atoms with Crippen LogP contribution in [0.25, 0.3) is 0 Å². The highest BCUT2D eigenvalue weighted by molar-refractivity contribution is 7.89. The van der Waals surface area contributed by atoms with Crippen LogP contribution >= 0.6 is 11.6 Å². The van der Waals surface area contributed by atoms with Gasteiger partial charge in [0.05, 0.1) is 4.90 Å². The van der Waals surface area contributed by atoms with Crippen molar-refractivity contribution in [2.75, 3.05) is 11.9 Å². The number of rotatable bonds is 4. The van der Waals surface area contributed by atoms with Crippen LogP contribution in [0.4, 0.5) is 5.69 Å². The van der Waals surface area contributed by atoms with Gasteiger partial charge in [-0.1, -0.05) is 44.5 Å². The summed E-state index contributed by atoms with van der Waals surface area (Å²) in [5, 5.41) is 3.33. The highest BCUT2D eigenvalue weighted by Gasteiger charge is 2.39. The lowest BCUT2D eigenvalue weighted by atomic mass is 9.87. The van der Waals surface area contributed by atoms with Crippen molar-refractivity contribution in [1.82, 2.24) is 4.31 Å². The van der Waals surface area contributed by atoms with Gasteiger partial charge in [-0.2, -0.15) is 4.31 Å². The van der Waals surface area contributed by atoms with Crippen molar-refractivity contribution >= 4 is 33.2 Å². The fraction of sp³-hybridized carbons (Fsp3) is 0.381. The van der Waals surface area contributed by atoms with E-state index >= 15 is 0 Å². The van der Waals surface area contributed by atoms with Gasteiger partial charge in [0.15, 0.2) is 0 Å². The monoisotopic (exact) mass is 420 g/mol. The summed E-state index contributed by atoms with van der Waals surface area (Å²) in [6.07, 6.45) is 1.15. The first kappa shape index (κ1) is 20.8. The average Bonchev–Trinajstić information content (AvgIpc) is 3.12. The standard InChI is InChI=1S/C21H25ClN2O3S/c1-21(2,3)15-6-10-17(11-7-15)23-20(25)19-5-4-14-24(19)28(26,27)18-12-8-16(22)9-13-18/h6-13,19H,4-5,14H2,1-3H3,(H,23,25)/t19-/m1/s1. The summed E-state index contributed by atoms with van der Waals surface area (Å²) in [6.45, 7) is 6.70. The van der Waals surface area contributed by atoms with Gasteiger partial charge in [0.25, 0.3) is 0 Å². The van der Waals surface area contributed by atoms with E-state index in [9.17, 15) is 13.2 Å². The summed E-state index contributed by atoms with van der Waals surface area (Å²) in [5.74, 6) is -0.307. The molecule has 150 valence electrons. The summed E-state index contributed by atoms with van der Waals surface area (Å²) < 4.78 is 27.2. The molecular weight excluding hydrogens is 396 g/mol. The minimum atomic E-state index is -3.75. The highest BCUT2D eigenvalue weighted by Crippen LogP contribution is 2.28. The van der Waals surface area contributed by atoms with E-state index in [0.29, 0.717) is 30.1 Å². The van der Waals surface area contributed by atoms with Crippen LogP contribution in [0, 0.1) is 0 Å². The number of hydrogen-bond acceptors (Lipinski definition) is 3. The van der Waals surface area contributed by atoms with E-state index in [1.807, 2.05) is 24.3 Å². The molecule has 1 aliphatic rings. The number of hydrogen-bond donors (Lipinski definition) is 1. The van der Waals surface area contributed by atoms with Crippen molar-refractivity contribution in [3.8, 4) is 0 Å². The zero-order valence-corrected chi connectivity index (χ0v) is 17.8. The van der Waals surface area contributed by atoms with Gasteiger partial charge in [-0.3, -0.25) is 4.79 Å². The Balaban J connectivity index is 1.77. The number of nitrogens with one attached hydrogen (secondary N) is 1. The van der Waals surface area contributed by atoms with Crippen LogP contribution in [0.1, 0.15) is 39.2 Å². The molecule has 1 heterocycles. The van der Waals surface area contributed by atoms with Crippen molar-refractivity contribution in [3.05, 3.63) is 59.1 Å². The summed E-state index contributed by atoms with van der Waals surface area (Å²) in [6, 6.07) is 13.0. The van der Waals surface area contributed by atoms with Gasteiger partial charge in [-0.25, -0.2) is 8.42 Å². The number of halogens is 1. The van der Waals surface area contributed by atoms with Crippen molar-refractivity contribution in [1.29, 1.82) is 0 Å². The quantitative estimate of drug-likeness (QED) is 0.795. The topological polar surface area (TPSA) is 66.5 Å². The van der Waals surface area contributed by atoms with Gasteiger partial charge in [0.2, 0.25) is 15.9 Å². The van der Waals surface area contributed by atoms with Crippen LogP contribution in [0.15, 0.2) is 53.4 Å². The van der Waals surface area contributed by atoms with E-state index < -0.39 is 16.1 Å². The first-order chi connectivity index (χ1) is 13.1. The number of amides is 1. The first-order valence-corrected chi connectivity index (χ1v) is 11.1. The fourth-order valence-corrected chi connectivity index (χ4v) is 5.09. The second-order valence-corrected chi connectivity index (χ2v) is 10.4. The lowest BCUT2D eigenvalue weighted by Crippen LogP contribution is -2.43. The van der Waals surface area contributed by atoms with Crippen molar-refractivity contribution < 1.29 is 13.2 Å². The molecule has 0 aliphatic carbocycles. The van der Waals surface area contributed by atoms with E-state index in [1.165, 1.54) is 34.1 Å². The van der Waals surface area contributed by atoms with E-state index in [-0.39, 0.29) is 16.2 Å². The molecule has 1 N–H and O–H groups in total. The van der Waals surface area contributed by atoms with Gasteiger partial charge >= 0.3 is 0 Å². The highest BCUT2D eigenvalue weighted by atomic mass is 35.5. The molecule has 2 aromatic carbocycles. The van der Waals surface area contributed by atoms with Crippen LogP contribution in [0.2, 0.25) is 5.02 Å². The minimum Gasteiger partial charge on any atom is -0.325 e. The first-order valence-electron chi connectivity index (χ1n) is 9.28. The minimum absolute atomic E-state index is 0.0252. The molecule has 28 heavy (non-hydrogen) atoms. The summed E-state index contributed by atoms with van der Waals surface area (Å²) >= 11 is 5.86. The van der Waals surface area contributed by atoms with Crippen LogP contribution in [0.5, 0.6) is 0 Å². The molecule has 7 heteroatoms. The Hall–Kier alpha value is -1.89. The fourth-order valence-electron chi connectivity index (χ4n) is 3.31. The molecule has 0 spiro atoms. The molecule has 3 rings (SSSR count). The Labute approximate surface area is 171 Å². The molecule has 1 amide bonds. The molecule has 0 aromatic heterocycles. The summed E-state index contributed by atoms with van der Waals surface area (Å²) in [4.78, 5) is 12.9. The average molecular weight is 421 g/mol. The van der Waals surface area contributed by atoms with Gasteiger partial charge < -0.3 is 5.32 Å². The van der Waals surface area contributed by atoms with E-state index in [2.05, 4.69) is 26.1 Å². The van der Waals surface area contributed by atoms with Crippen LogP contribution in [-0.4, -0.2) is 31.2 Å². The normalized spacial score (nSPS) is 18.2. The Morgan fingerprint density at radius 1 is 1.07 bits per heavy atom. The number of carbonyl (C=O) groups excluding carboxylic acids is 1. The Morgan fingerprint density at radius 2 is 1.68 bits per heavy atom.